The van der Waals surface area contributed by atoms with Crippen LogP contribution in [0.25, 0.3) is 0 Å². The van der Waals surface area contributed by atoms with Crippen molar-refractivity contribution in [3.05, 3.63) is 0 Å². The number of alkyl halides is 4. The van der Waals surface area contributed by atoms with Gasteiger partial charge in [-0.1, -0.05) is 0 Å². The molecule has 0 radical (unpaired) electrons. The van der Waals surface area contributed by atoms with Crippen LogP contribution in [0.1, 0.15) is 0 Å². The van der Waals surface area contributed by atoms with E-state index >= 15 is 0 Å². The van der Waals surface area contributed by atoms with Crippen molar-refractivity contribution < 1.29 is 31.2 Å². The van der Waals surface area contributed by atoms with Gasteiger partial charge in [-0.05, 0) is 0 Å². The van der Waals surface area contributed by atoms with E-state index in [2.05, 4.69) is 9.05 Å². The summed E-state index contributed by atoms with van der Waals surface area (Å²) in [5.74, 6) is 0. The van der Waals surface area contributed by atoms with E-state index in [0.717, 1.165) is 0 Å². The summed E-state index contributed by atoms with van der Waals surface area (Å²) >= 11 is 4.87. The smallest absolute Gasteiger partial charge is 0.291 e. The summed E-state index contributed by atoms with van der Waals surface area (Å²) in [5.41, 5.74) is 0. The van der Waals surface area contributed by atoms with Gasteiger partial charge in [0.25, 0.3) is 12.9 Å². The number of hydrogen-bond donors (Lipinski definition) is 0. The SMILES string of the molecule is O=P(Cl)(OCC(F)F)OCC(F)F. The maximum Gasteiger partial charge on any atom is 0.424 e. The van der Waals surface area contributed by atoms with Gasteiger partial charge in [0, 0.05) is 11.2 Å². The van der Waals surface area contributed by atoms with Crippen molar-refractivity contribution in [1.29, 1.82) is 0 Å². The summed E-state index contributed by atoms with van der Waals surface area (Å²) in [5, 5.41) is 0. The molecule has 0 fully saturated rings. The molecule has 0 aliphatic carbocycles. The van der Waals surface area contributed by atoms with Crippen LogP contribution in [0.15, 0.2) is 0 Å². The van der Waals surface area contributed by atoms with E-state index in [1.54, 1.807) is 0 Å². The van der Waals surface area contributed by atoms with E-state index < -0.39 is 33.0 Å². The minimum atomic E-state index is -4.29. The molecule has 0 heterocycles. The number of halogens is 5. The summed E-state index contributed by atoms with van der Waals surface area (Å²) in [6.45, 7) is -6.72. The van der Waals surface area contributed by atoms with E-state index in [1.165, 1.54) is 0 Å². The highest BCUT2D eigenvalue weighted by Gasteiger charge is 2.24. The Hall–Kier alpha value is 0.160. The molecule has 0 amide bonds. The molecule has 0 bridgehead atoms. The molecule has 13 heavy (non-hydrogen) atoms. The van der Waals surface area contributed by atoms with Gasteiger partial charge in [0.05, 0.1) is 0 Å². The predicted octanol–water partition coefficient (Wildman–Crippen LogP) is 2.90. The number of rotatable bonds is 6. The summed E-state index contributed by atoms with van der Waals surface area (Å²) in [7, 11) is 0. The third kappa shape index (κ3) is 8.49. The van der Waals surface area contributed by atoms with Crippen LogP contribution in [-0.2, 0) is 13.6 Å². The van der Waals surface area contributed by atoms with Gasteiger partial charge in [0.1, 0.15) is 13.2 Å². The molecule has 0 saturated heterocycles. The average molecular weight is 245 g/mol. The first kappa shape index (κ1) is 13.2. The van der Waals surface area contributed by atoms with Crippen molar-refractivity contribution in [2.24, 2.45) is 0 Å². The molecule has 9 heteroatoms. The first-order valence-corrected chi connectivity index (χ1v) is 5.43. The topological polar surface area (TPSA) is 35.5 Å². The first-order valence-electron chi connectivity index (χ1n) is 2.98. The predicted molar refractivity (Wildman–Crippen MR) is 37.4 cm³/mol. The Bertz CT molecular complexity index is 174. The lowest BCUT2D eigenvalue weighted by molar-refractivity contribution is 0.0512. The Balaban J connectivity index is 3.74. The van der Waals surface area contributed by atoms with Crippen molar-refractivity contribution in [3.8, 4) is 0 Å². The minimum Gasteiger partial charge on any atom is -0.291 e. The van der Waals surface area contributed by atoms with E-state index in [-0.39, 0.29) is 0 Å². The van der Waals surface area contributed by atoms with Crippen LogP contribution in [0, 0.1) is 0 Å². The molecule has 0 aliphatic rings. The molecule has 0 rings (SSSR count). The van der Waals surface area contributed by atoms with E-state index in [4.69, 9.17) is 11.2 Å². The first-order chi connectivity index (χ1) is 5.83. The largest absolute Gasteiger partial charge is 0.424 e. The van der Waals surface area contributed by atoms with E-state index in [9.17, 15) is 22.1 Å². The summed E-state index contributed by atoms with van der Waals surface area (Å²) in [6, 6.07) is 0. The molecule has 0 atom stereocenters. The van der Waals surface area contributed by atoms with Gasteiger partial charge in [-0.3, -0.25) is 9.05 Å². The molecule has 3 nitrogen and oxygen atoms in total. The van der Waals surface area contributed by atoms with Gasteiger partial charge < -0.3 is 0 Å². The number of hydrogen-bond acceptors (Lipinski definition) is 3. The van der Waals surface area contributed by atoms with Gasteiger partial charge in [-0.2, -0.15) is 0 Å². The second kappa shape index (κ2) is 5.80. The quantitative estimate of drug-likeness (QED) is 0.532. The Labute approximate surface area is 76.3 Å². The molecule has 0 unspecified atom stereocenters. The van der Waals surface area contributed by atoms with Gasteiger partial charge >= 0.3 is 6.95 Å². The second-order valence-corrected chi connectivity index (χ2v) is 4.42. The maximum atomic E-state index is 11.5. The molecule has 0 aromatic carbocycles. The molecule has 0 saturated carbocycles. The fourth-order valence-electron chi connectivity index (χ4n) is 0.328. The van der Waals surface area contributed by atoms with Gasteiger partial charge in [0.2, 0.25) is 0 Å². The van der Waals surface area contributed by atoms with Gasteiger partial charge in [-0.25, -0.2) is 22.1 Å². The molecular formula is C4H6ClF4O3P. The highest BCUT2D eigenvalue weighted by molar-refractivity contribution is 7.81. The third-order valence-electron chi connectivity index (χ3n) is 0.709. The van der Waals surface area contributed by atoms with Crippen molar-refractivity contribution in [1.82, 2.24) is 0 Å². The second-order valence-electron chi connectivity index (χ2n) is 1.80. The molecule has 80 valence electrons. The Morgan fingerprint density at radius 2 is 1.38 bits per heavy atom. The van der Waals surface area contributed by atoms with Crippen LogP contribution in [0.3, 0.4) is 0 Å². The van der Waals surface area contributed by atoms with Crippen molar-refractivity contribution in [2.45, 2.75) is 12.9 Å². The molecule has 0 aliphatic heterocycles. The zero-order valence-electron chi connectivity index (χ0n) is 6.13. The van der Waals surface area contributed by atoms with E-state index in [1.807, 2.05) is 0 Å². The Morgan fingerprint density at radius 1 is 1.08 bits per heavy atom. The van der Waals surface area contributed by atoms with Gasteiger partial charge in [-0.15, -0.1) is 0 Å². The lowest BCUT2D eigenvalue weighted by atomic mass is 10.8. The minimum absolute atomic E-state index is 1.22. The lowest BCUT2D eigenvalue weighted by Crippen LogP contribution is -2.06. The van der Waals surface area contributed by atoms with Crippen LogP contribution < -0.4 is 0 Å². The lowest BCUT2D eigenvalue weighted by Gasteiger charge is -2.10. The van der Waals surface area contributed by atoms with Crippen LogP contribution >= 0.6 is 18.2 Å². The zero-order valence-corrected chi connectivity index (χ0v) is 7.78. The normalized spacial score (nSPS) is 12.8. The van der Waals surface area contributed by atoms with Crippen LogP contribution in [0.2, 0.25) is 0 Å². The van der Waals surface area contributed by atoms with Crippen molar-refractivity contribution in [3.63, 3.8) is 0 Å². The molecule has 0 aromatic rings. The fraction of sp³-hybridized carbons (Fsp3) is 1.00. The van der Waals surface area contributed by atoms with E-state index in [0.29, 0.717) is 0 Å². The standard InChI is InChI=1S/C4H6ClF4O3P/c5-13(10,11-1-3(6)7)12-2-4(8)9/h3-4H,1-2H2. The van der Waals surface area contributed by atoms with Crippen molar-refractivity contribution >= 4 is 18.2 Å². The molecule has 0 N–H and O–H groups in total. The summed E-state index contributed by atoms with van der Waals surface area (Å²) < 4.78 is 64.2. The van der Waals surface area contributed by atoms with Crippen LogP contribution in [-0.4, -0.2) is 26.1 Å². The zero-order chi connectivity index (χ0) is 10.5. The molecule has 0 spiro atoms. The van der Waals surface area contributed by atoms with Gasteiger partial charge in [0.15, 0.2) is 0 Å². The Kier molecular flexibility index (Phi) is 5.87. The van der Waals surface area contributed by atoms with Crippen LogP contribution in [0.4, 0.5) is 17.6 Å². The Morgan fingerprint density at radius 3 is 1.62 bits per heavy atom. The highest BCUT2D eigenvalue weighted by atomic mass is 35.7. The third-order valence-corrected chi connectivity index (χ3v) is 2.21. The van der Waals surface area contributed by atoms with Crippen molar-refractivity contribution in [2.75, 3.05) is 13.2 Å². The fourth-order valence-corrected chi connectivity index (χ4v) is 1.32. The maximum absolute atomic E-state index is 11.5. The average Bonchev–Trinajstić information content (AvgIpc) is 1.98. The summed E-state index contributed by atoms with van der Waals surface area (Å²) in [4.78, 5) is 0. The summed E-state index contributed by atoms with van der Waals surface area (Å²) in [6.07, 6.45) is -5.77. The monoisotopic (exact) mass is 244 g/mol. The van der Waals surface area contributed by atoms with Crippen LogP contribution in [0.5, 0.6) is 0 Å². The molecule has 0 aromatic heterocycles. The highest BCUT2D eigenvalue weighted by Crippen LogP contribution is 2.53. The molecular weight excluding hydrogens is 238 g/mol.